The van der Waals surface area contributed by atoms with Gasteiger partial charge in [0.1, 0.15) is 11.9 Å². The predicted octanol–water partition coefficient (Wildman–Crippen LogP) is 3.89. The number of pyridine rings is 1. The fraction of sp³-hybridized carbons (Fsp3) is 0.500. The molecule has 26 heavy (non-hydrogen) atoms. The second-order valence-electron chi connectivity index (χ2n) is 7.50. The van der Waals surface area contributed by atoms with Gasteiger partial charge in [0.25, 0.3) is 0 Å². The van der Waals surface area contributed by atoms with Gasteiger partial charge in [-0.15, -0.1) is 0 Å². The van der Waals surface area contributed by atoms with Crippen molar-refractivity contribution < 1.29 is 23.4 Å². The molecule has 140 valence electrons. The van der Waals surface area contributed by atoms with Crippen LogP contribution in [0.15, 0.2) is 30.6 Å². The molecule has 5 nitrogen and oxygen atoms in total. The molecule has 0 bridgehead atoms. The summed E-state index contributed by atoms with van der Waals surface area (Å²) < 4.78 is 30.5. The predicted molar refractivity (Wildman–Crippen MR) is 95.6 cm³/mol. The number of carbonyl (C=O) groups is 1. The van der Waals surface area contributed by atoms with Crippen molar-refractivity contribution in [3.05, 3.63) is 42.0 Å². The van der Waals surface area contributed by atoms with Crippen LogP contribution in [-0.4, -0.2) is 42.0 Å². The molecule has 0 aliphatic heterocycles. The molecule has 0 spiro atoms. The summed E-state index contributed by atoms with van der Waals surface area (Å²) in [6, 6.07) is 4.24. The highest BCUT2D eigenvalue weighted by Crippen LogP contribution is 2.28. The number of halogens is 1. The van der Waals surface area contributed by atoms with Crippen molar-refractivity contribution in [1.82, 2.24) is 4.98 Å². The lowest BCUT2D eigenvalue weighted by Gasteiger charge is -2.34. The molecule has 3 rings (SSSR count). The highest BCUT2D eigenvalue weighted by Gasteiger charge is 2.33. The molecule has 2 aromatic rings. The van der Waals surface area contributed by atoms with Crippen LogP contribution in [0.1, 0.15) is 44.0 Å². The summed E-state index contributed by atoms with van der Waals surface area (Å²) in [4.78, 5) is 16.4. The molecule has 1 aromatic heterocycles. The largest absolute Gasteiger partial charge is 0.459 e. The fourth-order valence-corrected chi connectivity index (χ4v) is 2.86. The van der Waals surface area contributed by atoms with Gasteiger partial charge >= 0.3 is 5.97 Å². The summed E-state index contributed by atoms with van der Waals surface area (Å²) in [5.74, 6) is -0.994. The second kappa shape index (κ2) is 7.68. The minimum absolute atomic E-state index is 0.0716. The number of aromatic nitrogens is 1. The van der Waals surface area contributed by atoms with Crippen LogP contribution in [0.5, 0.6) is 0 Å². The molecule has 6 heteroatoms. The lowest BCUT2D eigenvalue weighted by Crippen LogP contribution is -2.39. The van der Waals surface area contributed by atoms with Crippen molar-refractivity contribution in [1.29, 1.82) is 0 Å². The van der Waals surface area contributed by atoms with Crippen LogP contribution >= 0.6 is 0 Å². The summed E-state index contributed by atoms with van der Waals surface area (Å²) >= 11 is 0. The molecule has 1 aromatic carbocycles. The average molecular weight is 361 g/mol. The summed E-state index contributed by atoms with van der Waals surface area (Å²) in [7, 11) is 0. The molecule has 0 N–H and O–H groups in total. The van der Waals surface area contributed by atoms with E-state index < -0.39 is 11.8 Å². The molecule has 1 aliphatic rings. The minimum atomic E-state index is -0.526. The van der Waals surface area contributed by atoms with Crippen LogP contribution in [0.3, 0.4) is 0 Å². The number of benzene rings is 1. The number of fused-ring (bicyclic) bond motifs is 1. The summed E-state index contributed by atoms with van der Waals surface area (Å²) in [6.07, 6.45) is 4.27. The number of hydrogen-bond acceptors (Lipinski definition) is 5. The van der Waals surface area contributed by atoms with Crippen LogP contribution in [0.2, 0.25) is 0 Å². The van der Waals surface area contributed by atoms with Crippen molar-refractivity contribution in [2.24, 2.45) is 0 Å². The normalized spacial score (nSPS) is 20.0. The molecule has 1 aliphatic carbocycles. The Labute approximate surface area is 152 Å². The van der Waals surface area contributed by atoms with Crippen molar-refractivity contribution in [2.75, 3.05) is 13.2 Å². The summed E-state index contributed by atoms with van der Waals surface area (Å²) in [6.45, 7) is 7.04. The Bertz CT molecular complexity index is 781. The first-order chi connectivity index (χ1) is 12.3. The van der Waals surface area contributed by atoms with E-state index in [1.54, 1.807) is 18.5 Å². The highest BCUT2D eigenvalue weighted by molar-refractivity contribution is 6.04. The van der Waals surface area contributed by atoms with E-state index in [9.17, 15) is 9.18 Å². The first-order valence-corrected chi connectivity index (χ1v) is 8.81. The van der Waals surface area contributed by atoms with E-state index in [4.69, 9.17) is 14.2 Å². The summed E-state index contributed by atoms with van der Waals surface area (Å²) in [5.41, 5.74) is 0.0277. The molecule has 0 saturated heterocycles. The molecule has 0 radical (unpaired) electrons. The smallest absolute Gasteiger partial charge is 0.339 e. The Morgan fingerprint density at radius 1 is 1.23 bits per heavy atom. The third-order valence-electron chi connectivity index (χ3n) is 4.24. The van der Waals surface area contributed by atoms with Gasteiger partial charge in [0.15, 0.2) is 0 Å². The fourth-order valence-electron chi connectivity index (χ4n) is 2.86. The molecular weight excluding hydrogens is 337 g/mol. The van der Waals surface area contributed by atoms with E-state index in [1.165, 1.54) is 12.1 Å². The monoisotopic (exact) mass is 361 g/mol. The van der Waals surface area contributed by atoms with Gasteiger partial charge in [-0.3, -0.25) is 4.98 Å². The topological polar surface area (TPSA) is 57.7 Å². The van der Waals surface area contributed by atoms with Crippen LogP contribution in [0.4, 0.5) is 4.39 Å². The third kappa shape index (κ3) is 4.77. The van der Waals surface area contributed by atoms with Gasteiger partial charge in [0.2, 0.25) is 0 Å². The lowest BCUT2D eigenvalue weighted by molar-refractivity contribution is -0.104. The second-order valence-corrected chi connectivity index (χ2v) is 7.50. The Balaban J connectivity index is 1.49. The Morgan fingerprint density at radius 3 is 2.73 bits per heavy atom. The first kappa shape index (κ1) is 18.7. The molecular formula is C20H24FNO4. The maximum atomic E-state index is 13.7. The lowest BCUT2D eigenvalue weighted by atomic mass is 9.92. The van der Waals surface area contributed by atoms with Gasteiger partial charge in [0.05, 0.1) is 30.5 Å². The number of carbonyl (C=O) groups excluding carboxylic acids is 1. The SMILES string of the molecule is CC(C)(C)OCCOC1CC(OC(=O)c2cc(F)cc3ccncc23)C1. The van der Waals surface area contributed by atoms with Gasteiger partial charge in [0, 0.05) is 30.6 Å². The quantitative estimate of drug-likeness (QED) is 0.577. The molecule has 1 saturated carbocycles. The Morgan fingerprint density at radius 2 is 2.00 bits per heavy atom. The standard InChI is InChI=1S/C20H24FNO4/c1-20(2,3)25-7-6-24-15-10-16(11-15)26-19(23)17-9-14(21)8-13-4-5-22-12-18(13)17/h4-5,8-9,12,15-16H,6-7,10-11H2,1-3H3. The maximum Gasteiger partial charge on any atom is 0.339 e. The van der Waals surface area contributed by atoms with Crippen LogP contribution in [0, 0.1) is 5.82 Å². The zero-order valence-electron chi connectivity index (χ0n) is 15.3. The number of rotatable bonds is 6. The van der Waals surface area contributed by atoms with E-state index in [0.717, 1.165) is 0 Å². The number of nitrogens with zero attached hydrogens (tertiary/aromatic N) is 1. The van der Waals surface area contributed by atoms with Gasteiger partial charge in [-0.05, 0) is 44.4 Å². The highest BCUT2D eigenvalue weighted by atomic mass is 19.1. The average Bonchev–Trinajstić information content (AvgIpc) is 2.53. The van der Waals surface area contributed by atoms with Crippen LogP contribution < -0.4 is 0 Å². The van der Waals surface area contributed by atoms with Crippen molar-refractivity contribution in [3.63, 3.8) is 0 Å². The van der Waals surface area contributed by atoms with Crippen molar-refractivity contribution in [2.45, 2.75) is 51.4 Å². The Kier molecular flexibility index (Phi) is 5.53. The molecule has 0 unspecified atom stereocenters. The first-order valence-electron chi connectivity index (χ1n) is 8.81. The van der Waals surface area contributed by atoms with Gasteiger partial charge in [-0.25, -0.2) is 9.18 Å². The van der Waals surface area contributed by atoms with Gasteiger partial charge in [-0.2, -0.15) is 0 Å². The number of ether oxygens (including phenoxy) is 3. The summed E-state index contributed by atoms with van der Waals surface area (Å²) in [5, 5.41) is 1.21. The number of esters is 1. The van der Waals surface area contributed by atoms with Gasteiger partial charge < -0.3 is 14.2 Å². The minimum Gasteiger partial charge on any atom is -0.459 e. The van der Waals surface area contributed by atoms with E-state index in [1.807, 2.05) is 20.8 Å². The van der Waals surface area contributed by atoms with Crippen LogP contribution in [0.25, 0.3) is 10.8 Å². The van der Waals surface area contributed by atoms with Crippen molar-refractivity contribution in [3.8, 4) is 0 Å². The molecule has 1 fully saturated rings. The zero-order valence-corrected chi connectivity index (χ0v) is 15.3. The third-order valence-corrected chi connectivity index (χ3v) is 4.24. The zero-order chi connectivity index (χ0) is 18.7. The van der Waals surface area contributed by atoms with Crippen LogP contribution in [-0.2, 0) is 14.2 Å². The molecule has 0 atom stereocenters. The van der Waals surface area contributed by atoms with E-state index in [-0.39, 0.29) is 23.4 Å². The van der Waals surface area contributed by atoms with Gasteiger partial charge in [-0.1, -0.05) is 0 Å². The van der Waals surface area contributed by atoms with Crippen molar-refractivity contribution >= 4 is 16.7 Å². The number of hydrogen-bond donors (Lipinski definition) is 0. The van der Waals surface area contributed by atoms with E-state index >= 15 is 0 Å². The molecule has 0 amide bonds. The van der Waals surface area contributed by atoms with E-state index in [2.05, 4.69) is 4.98 Å². The Hall–Kier alpha value is -2.05. The maximum absolute atomic E-state index is 13.7. The molecule has 1 heterocycles. The van der Waals surface area contributed by atoms with E-state index in [0.29, 0.717) is 36.8 Å².